The van der Waals surface area contributed by atoms with Crippen molar-refractivity contribution in [2.24, 2.45) is 0 Å². The molecule has 4 rings (SSSR count). The number of carbonyl (C=O) groups is 1. The van der Waals surface area contributed by atoms with E-state index in [4.69, 9.17) is 14.7 Å². The first-order valence-corrected chi connectivity index (χ1v) is 11.4. The van der Waals surface area contributed by atoms with Gasteiger partial charge in [0, 0.05) is 23.6 Å². The molecule has 1 saturated heterocycles. The van der Waals surface area contributed by atoms with Crippen LogP contribution >= 0.6 is 15.9 Å². The zero-order valence-electron chi connectivity index (χ0n) is 18.5. The lowest BCUT2D eigenvalue weighted by Crippen LogP contribution is -2.42. The molecule has 0 unspecified atom stereocenters. The molecule has 32 heavy (non-hydrogen) atoms. The Kier molecular flexibility index (Phi) is 6.86. The van der Waals surface area contributed by atoms with Crippen molar-refractivity contribution in [1.82, 2.24) is 19.9 Å². The Morgan fingerprint density at radius 2 is 1.84 bits per heavy atom. The minimum atomic E-state index is -0.279. The average Bonchev–Trinajstić information content (AvgIpc) is 2.79. The van der Waals surface area contributed by atoms with Crippen molar-refractivity contribution in [2.75, 3.05) is 44.0 Å². The van der Waals surface area contributed by atoms with Gasteiger partial charge in [-0.3, -0.25) is 4.79 Å². The van der Waals surface area contributed by atoms with Crippen LogP contribution in [0.4, 0.5) is 11.8 Å². The quantitative estimate of drug-likeness (QED) is 0.555. The average molecular weight is 499 g/mol. The van der Waals surface area contributed by atoms with E-state index in [9.17, 15) is 4.79 Å². The van der Waals surface area contributed by atoms with Gasteiger partial charge in [0.1, 0.15) is 17.1 Å². The Hall–Kier alpha value is -2.78. The number of aryl methyl sites for hydroxylation is 1. The highest BCUT2D eigenvalue weighted by Crippen LogP contribution is 2.23. The van der Waals surface area contributed by atoms with Gasteiger partial charge in [-0.05, 0) is 70.3 Å². The number of carbonyl (C=O) groups excluding carboxylic acids is 1. The molecule has 0 bridgehead atoms. The molecule has 0 spiro atoms. The largest absolute Gasteiger partial charge is 0.484 e. The highest BCUT2D eigenvalue weighted by molar-refractivity contribution is 9.10. The van der Waals surface area contributed by atoms with E-state index < -0.39 is 0 Å². The van der Waals surface area contributed by atoms with Crippen LogP contribution in [-0.4, -0.2) is 65.6 Å². The van der Waals surface area contributed by atoms with E-state index in [2.05, 4.69) is 50.1 Å². The van der Waals surface area contributed by atoms with E-state index >= 15 is 0 Å². The number of piperidine rings is 1. The maximum atomic E-state index is 12.3. The minimum Gasteiger partial charge on any atom is -0.484 e. The maximum absolute atomic E-state index is 12.3. The molecule has 1 amide bonds. The van der Waals surface area contributed by atoms with Gasteiger partial charge in [0.25, 0.3) is 5.91 Å². The van der Waals surface area contributed by atoms with Crippen molar-refractivity contribution in [1.29, 1.82) is 0 Å². The van der Waals surface area contributed by atoms with Crippen LogP contribution < -0.4 is 15.0 Å². The summed E-state index contributed by atoms with van der Waals surface area (Å²) in [7, 11) is 4.26. The van der Waals surface area contributed by atoms with Crippen molar-refractivity contribution in [3.63, 3.8) is 0 Å². The van der Waals surface area contributed by atoms with Crippen molar-refractivity contribution >= 4 is 44.6 Å². The smallest absolute Gasteiger partial charge is 0.263 e. The van der Waals surface area contributed by atoms with E-state index in [1.807, 2.05) is 25.1 Å². The second-order valence-corrected chi connectivity index (χ2v) is 9.06. The van der Waals surface area contributed by atoms with Gasteiger partial charge in [-0.15, -0.1) is 0 Å². The third-order valence-electron chi connectivity index (χ3n) is 5.63. The fraction of sp³-hybridized carbons (Fsp3) is 0.391. The maximum Gasteiger partial charge on any atom is 0.263 e. The summed E-state index contributed by atoms with van der Waals surface area (Å²) in [5, 5.41) is 2.78. The zero-order chi connectivity index (χ0) is 22.7. The molecule has 9 heteroatoms. The number of rotatable bonds is 6. The lowest BCUT2D eigenvalue weighted by molar-refractivity contribution is -0.118. The van der Waals surface area contributed by atoms with Gasteiger partial charge >= 0.3 is 0 Å². The molecule has 0 aliphatic carbocycles. The molecule has 3 heterocycles. The first-order chi connectivity index (χ1) is 15.4. The predicted molar refractivity (Wildman–Crippen MR) is 129 cm³/mol. The van der Waals surface area contributed by atoms with Gasteiger partial charge in [-0.25, -0.2) is 15.0 Å². The molecule has 0 radical (unpaired) electrons. The van der Waals surface area contributed by atoms with Crippen molar-refractivity contribution in [3.05, 3.63) is 46.6 Å². The monoisotopic (exact) mass is 498 g/mol. The standard InChI is InChI=1S/C23H27BrN6O2/c1-15-22-19(26-23(25-15)30-12-10-17(11-13-30)29(2)3)8-9-20(28-22)27-21(31)14-32-18-6-4-16(24)5-7-18/h4-9,17H,10-14H2,1-3H3,(H,27,28,31). The molecule has 2 aromatic heterocycles. The Balaban J connectivity index is 1.41. The summed E-state index contributed by atoms with van der Waals surface area (Å²) in [5.74, 6) is 1.54. The third-order valence-corrected chi connectivity index (χ3v) is 6.16. The fourth-order valence-corrected chi connectivity index (χ4v) is 4.06. The van der Waals surface area contributed by atoms with Crippen LogP contribution in [-0.2, 0) is 4.79 Å². The number of hydrogen-bond acceptors (Lipinski definition) is 7. The summed E-state index contributed by atoms with van der Waals surface area (Å²) in [5.41, 5.74) is 2.25. The number of aromatic nitrogens is 3. The normalized spacial score (nSPS) is 14.7. The Labute approximate surface area is 196 Å². The molecule has 1 fully saturated rings. The third kappa shape index (κ3) is 5.34. The number of nitrogens with one attached hydrogen (secondary N) is 1. The summed E-state index contributed by atoms with van der Waals surface area (Å²) in [6.45, 7) is 3.70. The van der Waals surface area contributed by atoms with E-state index in [0.717, 1.165) is 47.6 Å². The number of fused-ring (bicyclic) bond motifs is 1. The molecular weight excluding hydrogens is 472 g/mol. The first-order valence-electron chi connectivity index (χ1n) is 10.6. The van der Waals surface area contributed by atoms with Crippen molar-refractivity contribution in [3.8, 4) is 5.75 Å². The van der Waals surface area contributed by atoms with Crippen LogP contribution in [0.3, 0.4) is 0 Å². The van der Waals surface area contributed by atoms with Crippen LogP contribution in [0.15, 0.2) is 40.9 Å². The molecule has 1 aliphatic rings. The van der Waals surface area contributed by atoms with Gasteiger partial charge in [0.05, 0.1) is 11.2 Å². The van der Waals surface area contributed by atoms with E-state index in [1.54, 1.807) is 18.2 Å². The van der Waals surface area contributed by atoms with E-state index in [0.29, 0.717) is 23.1 Å². The van der Waals surface area contributed by atoms with Crippen molar-refractivity contribution in [2.45, 2.75) is 25.8 Å². The number of halogens is 1. The molecule has 1 aliphatic heterocycles. The van der Waals surface area contributed by atoms with E-state index in [-0.39, 0.29) is 12.5 Å². The Bertz CT molecular complexity index is 1100. The molecule has 0 saturated carbocycles. The first kappa shape index (κ1) is 22.4. The zero-order valence-corrected chi connectivity index (χ0v) is 20.1. The van der Waals surface area contributed by atoms with Crippen LogP contribution in [0, 0.1) is 6.92 Å². The highest BCUT2D eigenvalue weighted by Gasteiger charge is 2.23. The number of ether oxygens (including phenoxy) is 1. The van der Waals surface area contributed by atoms with Gasteiger partial charge in [-0.2, -0.15) is 0 Å². The molecule has 8 nitrogen and oxygen atoms in total. The Morgan fingerprint density at radius 3 is 2.53 bits per heavy atom. The number of pyridine rings is 1. The van der Waals surface area contributed by atoms with E-state index in [1.165, 1.54) is 0 Å². The summed E-state index contributed by atoms with van der Waals surface area (Å²) < 4.78 is 6.47. The number of amides is 1. The van der Waals surface area contributed by atoms with Gasteiger partial charge in [-0.1, -0.05) is 15.9 Å². The highest BCUT2D eigenvalue weighted by atomic mass is 79.9. The van der Waals surface area contributed by atoms with Gasteiger partial charge in [0.15, 0.2) is 6.61 Å². The topological polar surface area (TPSA) is 83.5 Å². The second-order valence-electron chi connectivity index (χ2n) is 8.15. The molecule has 1 aromatic carbocycles. The Morgan fingerprint density at radius 1 is 1.12 bits per heavy atom. The summed E-state index contributed by atoms with van der Waals surface area (Å²) in [6, 6.07) is 11.6. The van der Waals surface area contributed by atoms with Gasteiger partial charge < -0.3 is 19.9 Å². The predicted octanol–water partition coefficient (Wildman–Crippen LogP) is 3.64. The van der Waals surface area contributed by atoms with Crippen LogP contribution in [0.1, 0.15) is 18.5 Å². The number of nitrogens with zero attached hydrogens (tertiary/aromatic N) is 5. The summed E-state index contributed by atoms with van der Waals surface area (Å²) >= 11 is 3.37. The van der Waals surface area contributed by atoms with Crippen molar-refractivity contribution < 1.29 is 9.53 Å². The fourth-order valence-electron chi connectivity index (χ4n) is 3.80. The van der Waals surface area contributed by atoms with Gasteiger partial charge in [0.2, 0.25) is 5.95 Å². The lowest BCUT2D eigenvalue weighted by atomic mass is 10.0. The van der Waals surface area contributed by atoms with Crippen LogP contribution in [0.25, 0.3) is 11.0 Å². The SMILES string of the molecule is Cc1nc(N2CCC(N(C)C)CC2)nc2ccc(NC(=O)COc3ccc(Br)cc3)nc12. The number of anilines is 2. The molecule has 168 valence electrons. The van der Waals surface area contributed by atoms with Crippen LogP contribution in [0.5, 0.6) is 5.75 Å². The number of benzene rings is 1. The molecule has 1 N–H and O–H groups in total. The second kappa shape index (κ2) is 9.79. The lowest BCUT2D eigenvalue weighted by Gasteiger charge is -2.35. The molecular formula is C23H27BrN6O2. The number of hydrogen-bond donors (Lipinski definition) is 1. The summed E-state index contributed by atoms with van der Waals surface area (Å²) in [6.07, 6.45) is 2.19. The molecule has 0 atom stereocenters. The minimum absolute atomic E-state index is 0.0985. The molecule has 3 aromatic rings. The summed E-state index contributed by atoms with van der Waals surface area (Å²) in [4.78, 5) is 30.8. The van der Waals surface area contributed by atoms with Crippen LogP contribution in [0.2, 0.25) is 0 Å².